The quantitative estimate of drug-likeness (QED) is 0.619. The molecule has 0 aliphatic carbocycles. The molecule has 29 heavy (non-hydrogen) atoms. The Morgan fingerprint density at radius 1 is 0.862 bits per heavy atom. The molecule has 3 aromatic rings. The molecule has 3 rings (SSSR count). The lowest BCUT2D eigenvalue weighted by atomic mass is 10.2. The zero-order chi connectivity index (χ0) is 21.1. The van der Waals surface area contributed by atoms with Crippen molar-refractivity contribution in [3.8, 4) is 11.5 Å². The van der Waals surface area contributed by atoms with E-state index in [2.05, 4.69) is 45.0 Å². The van der Waals surface area contributed by atoms with E-state index >= 15 is 0 Å². The Kier molecular flexibility index (Phi) is 5.80. The van der Waals surface area contributed by atoms with Crippen LogP contribution in [0.2, 0.25) is 5.04 Å². The average molecular weight is 407 g/mol. The maximum Gasteiger partial charge on any atom is 0.339 e. The van der Waals surface area contributed by atoms with E-state index in [4.69, 9.17) is 9.16 Å². The summed E-state index contributed by atoms with van der Waals surface area (Å²) in [7, 11) is -1.35. The van der Waals surface area contributed by atoms with Crippen LogP contribution in [0.4, 0.5) is 0 Å². The summed E-state index contributed by atoms with van der Waals surface area (Å²) in [5.41, 5.74) is 0.0860. The molecule has 0 radical (unpaired) electrons. The van der Waals surface area contributed by atoms with Gasteiger partial charge in [-0.3, -0.25) is 0 Å². The van der Waals surface area contributed by atoms with Crippen molar-refractivity contribution in [3.63, 3.8) is 0 Å². The number of ether oxygens (including phenoxy) is 1. The summed E-state index contributed by atoms with van der Waals surface area (Å²) in [6.07, 6.45) is 0. The van der Waals surface area contributed by atoms with Crippen LogP contribution in [0.25, 0.3) is 0 Å². The van der Waals surface area contributed by atoms with Crippen LogP contribution in [-0.4, -0.2) is 26.5 Å². The highest BCUT2D eigenvalue weighted by atomic mass is 28.4. The molecule has 0 fully saturated rings. The molecule has 1 N–H and O–H groups in total. The van der Waals surface area contributed by atoms with E-state index in [1.807, 2.05) is 36.4 Å². The number of carboxylic acids is 1. The van der Waals surface area contributed by atoms with Crippen molar-refractivity contribution in [2.24, 2.45) is 0 Å². The number of methoxy groups -OCH3 is 1. The molecule has 0 aliphatic heterocycles. The maximum absolute atomic E-state index is 11.7. The number of rotatable bonds is 6. The molecule has 0 bridgehead atoms. The lowest BCUT2D eigenvalue weighted by Gasteiger charge is -2.43. The molecule has 5 heteroatoms. The Hall–Kier alpha value is -3.05. The number of benzene rings is 3. The highest BCUT2D eigenvalue weighted by molar-refractivity contribution is 7.00. The summed E-state index contributed by atoms with van der Waals surface area (Å²) in [4.78, 5) is 11.7. The van der Waals surface area contributed by atoms with Gasteiger partial charge in [-0.1, -0.05) is 81.4 Å². The summed E-state index contributed by atoms with van der Waals surface area (Å²) >= 11 is 0. The topological polar surface area (TPSA) is 55.8 Å². The van der Waals surface area contributed by atoms with E-state index in [1.165, 1.54) is 7.11 Å². The van der Waals surface area contributed by atoms with Crippen LogP contribution in [0.1, 0.15) is 31.1 Å². The fourth-order valence-corrected chi connectivity index (χ4v) is 8.16. The maximum atomic E-state index is 11.7. The van der Waals surface area contributed by atoms with Gasteiger partial charge in [-0.05, 0) is 33.6 Å². The number of carboxylic acid groups (broad SMARTS) is 1. The minimum atomic E-state index is -2.81. The minimum absolute atomic E-state index is 0.0860. The fraction of sp³-hybridized carbons (Fsp3) is 0.208. The van der Waals surface area contributed by atoms with Gasteiger partial charge in [-0.25, -0.2) is 4.79 Å². The monoisotopic (exact) mass is 406 g/mol. The molecular weight excluding hydrogens is 380 g/mol. The van der Waals surface area contributed by atoms with Gasteiger partial charge in [0, 0.05) is 0 Å². The van der Waals surface area contributed by atoms with Crippen molar-refractivity contribution in [2.75, 3.05) is 7.11 Å². The molecule has 0 aromatic heterocycles. The lowest BCUT2D eigenvalue weighted by molar-refractivity contribution is 0.0693. The van der Waals surface area contributed by atoms with E-state index in [-0.39, 0.29) is 10.6 Å². The fourth-order valence-electron chi connectivity index (χ4n) is 3.74. The zero-order valence-corrected chi connectivity index (χ0v) is 18.2. The standard InChI is InChI=1S/C24H26O4Si/c1-24(2,3)29(19-11-7-5-8-12-19,20-13-9-6-10-14-20)28-18-15-16-22(27-4)21(17-18)23(25)26/h5-17H,1-4H3,(H,25,26). The van der Waals surface area contributed by atoms with Crippen molar-refractivity contribution < 1.29 is 19.1 Å². The summed E-state index contributed by atoms with van der Waals surface area (Å²) in [6.45, 7) is 6.54. The molecular formula is C24H26O4Si. The van der Waals surface area contributed by atoms with Crippen molar-refractivity contribution in [2.45, 2.75) is 25.8 Å². The first-order valence-corrected chi connectivity index (χ1v) is 11.4. The van der Waals surface area contributed by atoms with Crippen LogP contribution in [-0.2, 0) is 0 Å². The third-order valence-corrected chi connectivity index (χ3v) is 10.0. The average Bonchev–Trinajstić information content (AvgIpc) is 2.72. The van der Waals surface area contributed by atoms with Crippen LogP contribution >= 0.6 is 0 Å². The number of hydrogen-bond donors (Lipinski definition) is 1. The molecule has 0 aliphatic rings. The van der Waals surface area contributed by atoms with Crippen molar-refractivity contribution in [3.05, 3.63) is 84.4 Å². The van der Waals surface area contributed by atoms with Crippen molar-refractivity contribution in [1.29, 1.82) is 0 Å². The van der Waals surface area contributed by atoms with Crippen LogP contribution in [0.5, 0.6) is 11.5 Å². The Bertz CT molecular complexity index is 939. The van der Waals surface area contributed by atoms with E-state index in [0.717, 1.165) is 10.4 Å². The largest absolute Gasteiger partial charge is 0.534 e. The molecule has 4 nitrogen and oxygen atoms in total. The highest BCUT2D eigenvalue weighted by Gasteiger charge is 2.52. The lowest BCUT2D eigenvalue weighted by Crippen LogP contribution is -2.68. The van der Waals surface area contributed by atoms with Crippen molar-refractivity contribution >= 4 is 24.7 Å². The van der Waals surface area contributed by atoms with Gasteiger partial charge in [-0.15, -0.1) is 0 Å². The first-order valence-electron chi connectivity index (χ1n) is 9.51. The smallest absolute Gasteiger partial charge is 0.339 e. The van der Waals surface area contributed by atoms with Crippen LogP contribution in [0.15, 0.2) is 78.9 Å². The Balaban J connectivity index is 2.24. The molecule has 0 spiro atoms. The Morgan fingerprint density at radius 2 is 1.38 bits per heavy atom. The third kappa shape index (κ3) is 3.91. The normalized spacial score (nSPS) is 11.7. The van der Waals surface area contributed by atoms with Crippen molar-refractivity contribution in [1.82, 2.24) is 0 Å². The predicted octanol–water partition coefficient (Wildman–Crippen LogP) is 4.33. The number of hydrogen-bond acceptors (Lipinski definition) is 3. The van der Waals surface area contributed by atoms with E-state index < -0.39 is 14.3 Å². The van der Waals surface area contributed by atoms with Gasteiger partial charge < -0.3 is 14.3 Å². The number of carbonyl (C=O) groups is 1. The summed E-state index contributed by atoms with van der Waals surface area (Å²) < 4.78 is 12.1. The SMILES string of the molecule is COc1ccc(O[Si](c2ccccc2)(c2ccccc2)C(C)(C)C)cc1C(=O)O. The van der Waals surface area contributed by atoms with Crippen LogP contribution in [0.3, 0.4) is 0 Å². The first-order chi connectivity index (χ1) is 13.8. The van der Waals surface area contributed by atoms with Gasteiger partial charge in [-0.2, -0.15) is 0 Å². The van der Waals surface area contributed by atoms with Gasteiger partial charge in [0.15, 0.2) is 0 Å². The van der Waals surface area contributed by atoms with E-state index in [0.29, 0.717) is 11.5 Å². The summed E-state index contributed by atoms with van der Waals surface area (Å²) in [6, 6.07) is 25.5. The number of aromatic carboxylic acids is 1. The molecule has 0 saturated carbocycles. The molecule has 0 unspecified atom stereocenters. The molecule has 0 atom stereocenters. The zero-order valence-electron chi connectivity index (χ0n) is 17.2. The molecule has 150 valence electrons. The van der Waals surface area contributed by atoms with Crippen LogP contribution < -0.4 is 19.5 Å². The van der Waals surface area contributed by atoms with Crippen LogP contribution in [0, 0.1) is 0 Å². The third-order valence-electron chi connectivity index (χ3n) is 5.09. The van der Waals surface area contributed by atoms with E-state index in [9.17, 15) is 9.90 Å². The van der Waals surface area contributed by atoms with Gasteiger partial charge >= 0.3 is 14.3 Å². The van der Waals surface area contributed by atoms with Gasteiger partial charge in [0.1, 0.15) is 17.1 Å². The Morgan fingerprint density at radius 3 is 1.79 bits per heavy atom. The summed E-state index contributed by atoms with van der Waals surface area (Å²) in [5.74, 6) is -0.209. The first kappa shape index (κ1) is 20.7. The molecule has 0 heterocycles. The Labute approximate surface area is 172 Å². The predicted molar refractivity (Wildman–Crippen MR) is 118 cm³/mol. The molecule has 3 aromatic carbocycles. The second-order valence-electron chi connectivity index (χ2n) is 7.93. The minimum Gasteiger partial charge on any atom is -0.534 e. The second kappa shape index (κ2) is 8.13. The molecule has 0 saturated heterocycles. The second-order valence-corrected chi connectivity index (χ2v) is 12.2. The summed E-state index contributed by atoms with van der Waals surface area (Å²) in [5, 5.41) is 11.6. The van der Waals surface area contributed by atoms with Gasteiger partial charge in [0.25, 0.3) is 0 Å². The van der Waals surface area contributed by atoms with Gasteiger partial charge in [0.05, 0.1) is 7.11 Å². The molecule has 0 amide bonds. The van der Waals surface area contributed by atoms with Gasteiger partial charge in [0.2, 0.25) is 0 Å². The van der Waals surface area contributed by atoms with E-state index in [1.54, 1.807) is 18.2 Å². The highest BCUT2D eigenvalue weighted by Crippen LogP contribution is 2.38.